The molecule has 0 radical (unpaired) electrons. The molecule has 4 rings (SSSR count). The van der Waals surface area contributed by atoms with Gasteiger partial charge in [0, 0.05) is 0 Å². The minimum absolute atomic E-state index is 0.235. The monoisotopic (exact) mass is 487 g/mol. The van der Waals surface area contributed by atoms with Crippen LogP contribution in [0.3, 0.4) is 0 Å². The van der Waals surface area contributed by atoms with Gasteiger partial charge in [0.15, 0.2) is 12.3 Å². The SMILES string of the molecule is CC(O[n+]1cnc2c(ncn2[C@@H]2O[C@H](CO)[C@@H](O)[C@H]2O)c1N)c1ccccc1.[O-][Cl+3]([O-])([O-])[O-]. The zero-order valence-corrected chi connectivity index (χ0v) is 17.9. The largest absolute Gasteiger partial charge is 0.394 e. The van der Waals surface area contributed by atoms with Crippen LogP contribution in [0.15, 0.2) is 43.0 Å². The Morgan fingerprint density at radius 1 is 1.18 bits per heavy atom. The predicted octanol–water partition coefficient (Wildman–Crippen LogP) is -5.65. The van der Waals surface area contributed by atoms with E-state index in [0.29, 0.717) is 11.2 Å². The van der Waals surface area contributed by atoms with Crippen LogP contribution in [-0.4, -0.2) is 54.8 Å². The fraction of sp³-hybridized carbons (Fsp3) is 0.389. The standard InChI is InChI=1S/C18H21N5O5.ClHO4/c1-10(11-5-3-2-4-6-11)28-23-9-21-17-13(16(23)19)20-8-22(17)18-15(26)14(25)12(7-24)27-18;2-1(3,4)5/h2-6,8-10,12,14-15,18-19,24-26H,7H2,1H3;(H,2,3,4,5)/t10?,12-,14-,15-,18-;/m1./s1. The van der Waals surface area contributed by atoms with Gasteiger partial charge in [0.1, 0.15) is 24.6 Å². The third kappa shape index (κ3) is 5.83. The molecule has 1 fully saturated rings. The first-order valence-electron chi connectivity index (χ1n) is 9.50. The molecule has 5 atom stereocenters. The lowest BCUT2D eigenvalue weighted by Gasteiger charge is -2.17. The van der Waals surface area contributed by atoms with Crippen molar-refractivity contribution in [3.63, 3.8) is 0 Å². The fourth-order valence-corrected chi connectivity index (χ4v) is 3.27. The highest BCUT2D eigenvalue weighted by molar-refractivity contribution is 5.79. The van der Waals surface area contributed by atoms with Crippen LogP contribution in [0, 0.1) is 10.2 Å². The van der Waals surface area contributed by atoms with Gasteiger partial charge < -0.3 is 30.6 Å². The Morgan fingerprint density at radius 2 is 1.82 bits per heavy atom. The van der Waals surface area contributed by atoms with E-state index in [1.807, 2.05) is 37.3 Å². The molecule has 1 saturated heterocycles. The van der Waals surface area contributed by atoms with Gasteiger partial charge in [-0.1, -0.05) is 40.0 Å². The number of nitrogen functional groups attached to an aromatic ring is 1. The molecule has 0 amide bonds. The van der Waals surface area contributed by atoms with Crippen LogP contribution in [0.5, 0.6) is 0 Å². The van der Waals surface area contributed by atoms with E-state index in [9.17, 15) is 15.3 Å². The highest BCUT2D eigenvalue weighted by Crippen LogP contribution is 2.31. The average Bonchev–Trinajstić information content (AvgIpc) is 3.31. The number of aromatic nitrogens is 4. The van der Waals surface area contributed by atoms with Gasteiger partial charge in [-0.15, -0.1) is 10.2 Å². The van der Waals surface area contributed by atoms with Crippen LogP contribution >= 0.6 is 0 Å². The molecule has 15 heteroatoms. The molecule has 1 aliphatic rings. The van der Waals surface area contributed by atoms with Gasteiger partial charge in [-0.2, -0.15) is 0 Å². The van der Waals surface area contributed by atoms with E-state index in [4.69, 9.17) is 33.9 Å². The number of benzene rings is 1. The van der Waals surface area contributed by atoms with Gasteiger partial charge in [0.25, 0.3) is 12.1 Å². The maximum Gasteiger partial charge on any atom is 0.289 e. The van der Waals surface area contributed by atoms with Crippen LogP contribution in [0.2, 0.25) is 0 Å². The number of imidazole rings is 1. The Morgan fingerprint density at radius 3 is 2.39 bits per heavy atom. The smallest absolute Gasteiger partial charge is 0.289 e. The molecule has 1 unspecified atom stereocenters. The lowest BCUT2D eigenvalue weighted by atomic mass is 10.1. The molecule has 0 bridgehead atoms. The minimum Gasteiger partial charge on any atom is -0.394 e. The van der Waals surface area contributed by atoms with Crippen LogP contribution < -0.4 is 33.9 Å². The second-order valence-corrected chi connectivity index (χ2v) is 7.80. The second-order valence-electron chi connectivity index (χ2n) is 7.04. The molecule has 180 valence electrons. The maximum atomic E-state index is 10.2. The fourth-order valence-electron chi connectivity index (χ4n) is 3.27. The molecule has 1 aliphatic heterocycles. The Hall–Kier alpha value is -2.66. The predicted molar refractivity (Wildman–Crippen MR) is 96.6 cm³/mol. The van der Waals surface area contributed by atoms with E-state index in [1.54, 1.807) is 0 Å². The Kier molecular flexibility index (Phi) is 7.63. The number of anilines is 1. The normalized spacial score (nSPS) is 23.8. The summed E-state index contributed by atoms with van der Waals surface area (Å²) in [5.74, 6) is 0.235. The van der Waals surface area contributed by atoms with E-state index in [-0.39, 0.29) is 11.9 Å². The van der Waals surface area contributed by atoms with Gasteiger partial charge in [-0.3, -0.25) is 4.57 Å². The van der Waals surface area contributed by atoms with Crippen LogP contribution in [0.25, 0.3) is 11.2 Å². The summed E-state index contributed by atoms with van der Waals surface area (Å²) in [7, 11) is -4.94. The molecular weight excluding hydrogens is 466 g/mol. The number of nitrogens with two attached hydrogens (primary N) is 1. The molecule has 2 aromatic heterocycles. The molecule has 3 aromatic rings. The number of ether oxygens (including phenoxy) is 1. The summed E-state index contributed by atoms with van der Waals surface area (Å²) in [5, 5.41) is 29.5. The summed E-state index contributed by atoms with van der Waals surface area (Å²) in [6.07, 6.45) is -1.72. The number of hydrogen-bond donors (Lipinski definition) is 4. The summed E-state index contributed by atoms with van der Waals surface area (Å²) in [6.45, 7) is 1.48. The highest BCUT2D eigenvalue weighted by Gasteiger charge is 2.44. The van der Waals surface area contributed by atoms with Crippen LogP contribution in [-0.2, 0) is 4.74 Å². The van der Waals surface area contributed by atoms with Crippen molar-refractivity contribution in [3.05, 3.63) is 48.5 Å². The summed E-state index contributed by atoms with van der Waals surface area (Å²) in [5.41, 5.74) is 7.90. The Labute approximate surface area is 189 Å². The zero-order valence-electron chi connectivity index (χ0n) is 17.2. The molecule has 0 saturated carbocycles. The third-order valence-electron chi connectivity index (χ3n) is 4.86. The third-order valence-corrected chi connectivity index (χ3v) is 4.86. The molecule has 33 heavy (non-hydrogen) atoms. The number of nitrogens with zero attached hydrogens (tertiary/aromatic N) is 4. The zero-order chi connectivity index (χ0) is 24.3. The van der Waals surface area contributed by atoms with Crippen molar-refractivity contribution in [1.82, 2.24) is 14.5 Å². The summed E-state index contributed by atoms with van der Waals surface area (Å²) < 4.78 is 42.3. The minimum atomic E-state index is -4.94. The van der Waals surface area contributed by atoms with Crippen molar-refractivity contribution in [1.29, 1.82) is 0 Å². The number of hydrogen-bond acceptors (Lipinski definition) is 12. The van der Waals surface area contributed by atoms with Crippen LogP contribution in [0.1, 0.15) is 24.8 Å². The van der Waals surface area contributed by atoms with E-state index in [1.165, 1.54) is 22.0 Å². The van der Waals surface area contributed by atoms with Crippen molar-refractivity contribution in [3.8, 4) is 0 Å². The Balaban J connectivity index is 0.000000555. The lowest BCUT2D eigenvalue weighted by molar-refractivity contribution is -2.00. The molecule has 14 nitrogen and oxygen atoms in total. The summed E-state index contributed by atoms with van der Waals surface area (Å²) in [6, 6.07) is 9.67. The molecule has 0 aliphatic carbocycles. The summed E-state index contributed by atoms with van der Waals surface area (Å²) >= 11 is 0. The Bertz CT molecular complexity index is 1060. The number of aliphatic hydroxyl groups excluding tert-OH is 3. The quantitative estimate of drug-likeness (QED) is 0.246. The highest BCUT2D eigenvalue weighted by atomic mass is 35.7. The second kappa shape index (κ2) is 10.1. The molecule has 5 N–H and O–H groups in total. The maximum absolute atomic E-state index is 10.2. The number of aliphatic hydroxyl groups is 3. The van der Waals surface area contributed by atoms with E-state index >= 15 is 0 Å². The van der Waals surface area contributed by atoms with Crippen molar-refractivity contribution in [2.75, 3.05) is 12.3 Å². The van der Waals surface area contributed by atoms with Crippen molar-refractivity contribution in [2.45, 2.75) is 37.6 Å². The van der Waals surface area contributed by atoms with Crippen molar-refractivity contribution in [2.24, 2.45) is 0 Å². The van der Waals surface area contributed by atoms with E-state index < -0.39 is 41.4 Å². The number of fused-ring (bicyclic) bond motifs is 1. The van der Waals surface area contributed by atoms with Gasteiger partial charge >= 0.3 is 0 Å². The molecule has 3 heterocycles. The number of halogens is 1. The number of rotatable bonds is 5. The first-order valence-corrected chi connectivity index (χ1v) is 10.7. The van der Waals surface area contributed by atoms with Gasteiger partial charge in [-0.05, 0) is 12.5 Å². The van der Waals surface area contributed by atoms with Crippen LogP contribution in [0.4, 0.5) is 5.82 Å². The van der Waals surface area contributed by atoms with Gasteiger partial charge in [-0.25, -0.2) is 23.6 Å². The van der Waals surface area contributed by atoms with E-state index in [0.717, 1.165) is 5.56 Å². The lowest BCUT2D eigenvalue weighted by Crippen LogP contribution is -2.68. The first-order chi connectivity index (χ1) is 15.5. The van der Waals surface area contributed by atoms with Gasteiger partial charge in [0.05, 0.1) is 6.61 Å². The topological polar surface area (TPSA) is 232 Å². The van der Waals surface area contributed by atoms with Crippen molar-refractivity contribution >= 4 is 17.0 Å². The van der Waals surface area contributed by atoms with E-state index in [2.05, 4.69) is 9.97 Å². The molecule has 0 spiro atoms. The average molecular weight is 488 g/mol. The molecule has 1 aromatic carbocycles. The van der Waals surface area contributed by atoms with Gasteiger partial charge in [0.2, 0.25) is 11.2 Å². The first kappa shape index (κ1) is 25.0. The van der Waals surface area contributed by atoms with Crippen molar-refractivity contribution < 1.29 is 58.5 Å². The molecular formula is C18H22ClN5O9. The summed E-state index contributed by atoms with van der Waals surface area (Å²) in [4.78, 5) is 14.5.